The van der Waals surface area contributed by atoms with E-state index in [0.717, 1.165) is 77.2 Å². The van der Waals surface area contributed by atoms with Crippen LogP contribution < -0.4 is 14.4 Å². The average Bonchev–Trinajstić information content (AvgIpc) is 3.35. The monoisotopic (exact) mass is 633 g/mol. The third kappa shape index (κ3) is 5.30. The van der Waals surface area contributed by atoms with Crippen molar-refractivity contribution in [3.05, 3.63) is 53.5 Å². The Morgan fingerprint density at radius 3 is 2.51 bits per heavy atom. The summed E-state index contributed by atoms with van der Waals surface area (Å²) in [5.74, 6) is 2.07. The highest BCUT2D eigenvalue weighted by atomic mass is 32.2. The van der Waals surface area contributed by atoms with E-state index in [9.17, 15) is 8.42 Å². The fourth-order valence-corrected chi connectivity index (χ4v) is 8.08. The van der Waals surface area contributed by atoms with Gasteiger partial charge in [-0.3, -0.25) is 0 Å². The number of fused-ring (bicyclic) bond motifs is 1. The Morgan fingerprint density at radius 1 is 1.07 bits per heavy atom. The first-order valence-corrected chi connectivity index (χ1v) is 17.2. The molecule has 3 fully saturated rings. The Hall–Kier alpha value is -3.81. The first kappa shape index (κ1) is 29.9. The van der Waals surface area contributed by atoms with E-state index in [2.05, 4.69) is 15.1 Å². The van der Waals surface area contributed by atoms with E-state index in [1.54, 1.807) is 17.6 Å². The summed E-state index contributed by atoms with van der Waals surface area (Å²) in [5.41, 5.74) is 5.38. The van der Waals surface area contributed by atoms with Gasteiger partial charge in [0, 0.05) is 55.5 Å². The molecule has 0 bridgehead atoms. The Morgan fingerprint density at radius 2 is 1.87 bits per heavy atom. The van der Waals surface area contributed by atoms with Crippen LogP contribution in [0.25, 0.3) is 22.2 Å². The number of sulfonamides is 1. The van der Waals surface area contributed by atoms with Crippen molar-refractivity contribution in [2.75, 3.05) is 51.1 Å². The molecule has 7 rings (SSSR count). The average molecular weight is 634 g/mol. The molecule has 2 unspecified atom stereocenters. The van der Waals surface area contributed by atoms with Gasteiger partial charge >= 0.3 is 0 Å². The molecule has 6 heterocycles. The maximum Gasteiger partial charge on any atom is 0.211 e. The van der Waals surface area contributed by atoms with Gasteiger partial charge in [0.1, 0.15) is 17.6 Å². The van der Waals surface area contributed by atoms with E-state index in [1.165, 1.54) is 6.26 Å². The highest BCUT2D eigenvalue weighted by molar-refractivity contribution is 7.88. The fourth-order valence-electron chi connectivity index (χ4n) is 7.07. The second-order valence-electron chi connectivity index (χ2n) is 12.7. The van der Waals surface area contributed by atoms with Gasteiger partial charge in [0.05, 0.1) is 36.2 Å². The molecular weight excluding hydrogens is 594 g/mol. The zero-order valence-electron chi connectivity index (χ0n) is 26.4. The van der Waals surface area contributed by atoms with Crippen molar-refractivity contribution in [1.82, 2.24) is 29.3 Å². The predicted molar refractivity (Wildman–Crippen MR) is 170 cm³/mol. The summed E-state index contributed by atoms with van der Waals surface area (Å²) < 4.78 is 46.0. The van der Waals surface area contributed by atoms with E-state index in [0.29, 0.717) is 31.2 Å². The van der Waals surface area contributed by atoms with E-state index in [4.69, 9.17) is 24.3 Å². The minimum Gasteiger partial charge on any atom is -0.492 e. The van der Waals surface area contributed by atoms with Crippen molar-refractivity contribution in [3.8, 4) is 22.8 Å². The number of pyridine rings is 1. The van der Waals surface area contributed by atoms with Gasteiger partial charge in [-0.1, -0.05) is 0 Å². The zero-order chi connectivity index (χ0) is 31.5. The molecule has 3 aromatic heterocycles. The van der Waals surface area contributed by atoms with Crippen molar-refractivity contribution in [2.24, 2.45) is 5.41 Å². The molecule has 0 saturated carbocycles. The van der Waals surface area contributed by atoms with Gasteiger partial charge in [-0.25, -0.2) is 22.4 Å². The number of nitrogens with zero attached hydrogens (tertiary/aromatic N) is 7. The van der Waals surface area contributed by atoms with Crippen LogP contribution in [0, 0.1) is 19.3 Å². The second kappa shape index (κ2) is 11.2. The van der Waals surface area contributed by atoms with Gasteiger partial charge in [-0.05, 0) is 69.9 Å². The molecule has 13 heteroatoms. The number of aromatic nitrogens is 5. The number of benzene rings is 1. The summed E-state index contributed by atoms with van der Waals surface area (Å²) in [6.45, 7) is 9.39. The van der Waals surface area contributed by atoms with Gasteiger partial charge in [-0.2, -0.15) is 15.3 Å². The number of ether oxygens (including phenoxy) is 3. The molecule has 2 atom stereocenters. The SMILES string of the molecule is COc1c(OC(C)c2c(C)cnnc2C)ccc2c1c(-c1ccc(N3CC4(C3)CN(S(C)(=O)=O)C4)nc1)nn2C1CCCCO1. The quantitative estimate of drug-likeness (QED) is 0.275. The van der Waals surface area contributed by atoms with Crippen LogP contribution in [0.2, 0.25) is 0 Å². The number of hydrogen-bond acceptors (Lipinski definition) is 10. The van der Waals surface area contributed by atoms with Crippen molar-refractivity contribution in [2.45, 2.75) is 52.4 Å². The van der Waals surface area contributed by atoms with Crippen LogP contribution in [0.5, 0.6) is 11.5 Å². The summed E-state index contributed by atoms with van der Waals surface area (Å²) in [6.07, 6.45) is 7.42. The lowest BCUT2D eigenvalue weighted by molar-refractivity contribution is -0.0365. The lowest BCUT2D eigenvalue weighted by Gasteiger charge is -2.59. The zero-order valence-corrected chi connectivity index (χ0v) is 27.2. The van der Waals surface area contributed by atoms with Gasteiger partial charge < -0.3 is 19.1 Å². The predicted octanol–water partition coefficient (Wildman–Crippen LogP) is 4.43. The standard InChI is InChI=1S/C32H39N7O5S/c1-20-14-34-35-21(2)28(20)22(3)44-25-11-10-24-29(31(25)42-4)30(36-39(24)27-8-6-7-13-43-27)23-9-12-26(33-15-23)37-16-32(17-37)18-38(19-32)45(5,40)41/h9-12,14-15,22,27H,6-8,13,16-19H2,1-5H3. The summed E-state index contributed by atoms with van der Waals surface area (Å²) in [6, 6.07) is 8.01. The third-order valence-electron chi connectivity index (χ3n) is 9.30. The number of anilines is 1. The van der Waals surface area contributed by atoms with Crippen LogP contribution in [-0.4, -0.2) is 83.8 Å². The molecule has 0 aliphatic carbocycles. The highest BCUT2D eigenvalue weighted by Gasteiger charge is 2.54. The first-order chi connectivity index (χ1) is 21.6. The normalized spacial score (nSPS) is 20.6. The van der Waals surface area contributed by atoms with Crippen molar-refractivity contribution in [1.29, 1.82) is 0 Å². The highest BCUT2D eigenvalue weighted by Crippen LogP contribution is 2.45. The number of aryl methyl sites for hydroxylation is 2. The summed E-state index contributed by atoms with van der Waals surface area (Å²) in [7, 11) is -1.48. The minimum absolute atomic E-state index is 0.0305. The van der Waals surface area contributed by atoms with Gasteiger partial charge in [0.25, 0.3) is 0 Å². The molecule has 1 spiro atoms. The first-order valence-electron chi connectivity index (χ1n) is 15.4. The largest absolute Gasteiger partial charge is 0.492 e. The molecule has 3 saturated heterocycles. The second-order valence-corrected chi connectivity index (χ2v) is 14.7. The number of methoxy groups -OCH3 is 1. The lowest BCUT2D eigenvalue weighted by atomic mass is 9.74. The number of hydrogen-bond donors (Lipinski definition) is 0. The molecule has 12 nitrogen and oxygen atoms in total. The minimum atomic E-state index is -3.13. The van der Waals surface area contributed by atoms with Gasteiger partial charge in [0.15, 0.2) is 17.7 Å². The van der Waals surface area contributed by atoms with Crippen LogP contribution in [0.3, 0.4) is 0 Å². The number of rotatable bonds is 8. The molecule has 1 aromatic carbocycles. The van der Waals surface area contributed by atoms with Gasteiger partial charge in [-0.15, -0.1) is 0 Å². The Kier molecular flexibility index (Phi) is 7.45. The Balaban J connectivity index is 1.22. The smallest absolute Gasteiger partial charge is 0.211 e. The maximum atomic E-state index is 11.8. The molecule has 0 amide bonds. The van der Waals surface area contributed by atoms with Crippen LogP contribution >= 0.6 is 0 Å². The summed E-state index contributed by atoms with van der Waals surface area (Å²) in [4.78, 5) is 7.01. The Labute approximate surface area is 263 Å². The molecule has 238 valence electrons. The van der Waals surface area contributed by atoms with Gasteiger partial charge in [0.2, 0.25) is 10.0 Å². The Bertz CT molecular complexity index is 1820. The topological polar surface area (TPSA) is 125 Å². The fraction of sp³-hybridized carbons (Fsp3) is 0.500. The summed E-state index contributed by atoms with van der Waals surface area (Å²) >= 11 is 0. The van der Waals surface area contributed by atoms with Crippen molar-refractivity contribution >= 4 is 26.7 Å². The molecule has 3 aliphatic heterocycles. The van der Waals surface area contributed by atoms with Crippen LogP contribution in [0.4, 0.5) is 5.82 Å². The molecule has 3 aliphatic rings. The van der Waals surface area contributed by atoms with E-state index < -0.39 is 10.0 Å². The molecule has 0 radical (unpaired) electrons. The molecular formula is C32H39N7O5S. The third-order valence-corrected chi connectivity index (χ3v) is 10.5. The lowest BCUT2D eigenvalue weighted by Crippen LogP contribution is -2.73. The van der Waals surface area contributed by atoms with Crippen LogP contribution in [-0.2, 0) is 14.8 Å². The van der Waals surface area contributed by atoms with Crippen LogP contribution in [0.15, 0.2) is 36.7 Å². The molecule has 4 aromatic rings. The van der Waals surface area contributed by atoms with E-state index in [-0.39, 0.29) is 17.7 Å². The van der Waals surface area contributed by atoms with E-state index in [1.807, 2.05) is 55.9 Å². The summed E-state index contributed by atoms with van der Waals surface area (Å²) in [5, 5.41) is 14.2. The molecule has 0 N–H and O–H groups in total. The maximum absolute atomic E-state index is 11.8. The van der Waals surface area contributed by atoms with Crippen molar-refractivity contribution in [3.63, 3.8) is 0 Å². The van der Waals surface area contributed by atoms with E-state index >= 15 is 0 Å². The van der Waals surface area contributed by atoms with Crippen molar-refractivity contribution < 1.29 is 22.6 Å². The molecule has 45 heavy (non-hydrogen) atoms. The van der Waals surface area contributed by atoms with Crippen LogP contribution in [0.1, 0.15) is 55.3 Å².